The van der Waals surface area contributed by atoms with Crippen LogP contribution in [0.4, 0.5) is 0 Å². The highest BCUT2D eigenvalue weighted by molar-refractivity contribution is 5.78. The van der Waals surface area contributed by atoms with Crippen LogP contribution in [0.2, 0.25) is 0 Å². The van der Waals surface area contributed by atoms with Crippen molar-refractivity contribution >= 4 is 11.9 Å². The molecule has 0 aliphatic carbocycles. The fourth-order valence-electron chi connectivity index (χ4n) is 4.73. The van der Waals surface area contributed by atoms with Crippen molar-refractivity contribution in [1.29, 1.82) is 10.5 Å². The van der Waals surface area contributed by atoms with Crippen molar-refractivity contribution in [2.24, 2.45) is 22.7 Å². The van der Waals surface area contributed by atoms with Gasteiger partial charge in [-0.15, -0.1) is 0 Å². The lowest BCUT2D eigenvalue weighted by Gasteiger charge is -2.45. The Labute approximate surface area is 195 Å². The number of ether oxygens (including phenoxy) is 2. The summed E-state index contributed by atoms with van der Waals surface area (Å²) in [6.45, 7) is 19.1. The Morgan fingerprint density at radius 1 is 0.688 bits per heavy atom. The van der Waals surface area contributed by atoms with Gasteiger partial charge in [0.05, 0.1) is 35.8 Å². The molecule has 2 unspecified atom stereocenters. The summed E-state index contributed by atoms with van der Waals surface area (Å²) in [5.41, 5.74) is -3.55. The standard InChI is InChI=1S/C26H44N2O4/c1-11-25(12-2,23(9,17-27)19(5)6)31-21(29)15-16-22(30)32-26(13-3,14-4)24(10,18-28)20(7)8/h19-20H,11-16H2,1-10H3. The molecule has 0 radical (unpaired) electrons. The lowest BCUT2D eigenvalue weighted by molar-refractivity contribution is -0.183. The minimum atomic E-state index is -0.926. The predicted molar refractivity (Wildman–Crippen MR) is 125 cm³/mol. The zero-order valence-electron chi connectivity index (χ0n) is 21.9. The van der Waals surface area contributed by atoms with E-state index in [0.29, 0.717) is 25.7 Å². The van der Waals surface area contributed by atoms with Crippen LogP contribution in [0.15, 0.2) is 0 Å². The maximum atomic E-state index is 12.7. The van der Waals surface area contributed by atoms with Gasteiger partial charge < -0.3 is 9.47 Å². The second kappa shape index (κ2) is 11.7. The normalized spacial score (nSPS) is 15.9. The Bertz CT molecular complexity index is 661. The molecule has 0 amide bonds. The molecule has 0 heterocycles. The fourth-order valence-corrected chi connectivity index (χ4v) is 4.73. The van der Waals surface area contributed by atoms with Crippen LogP contribution in [0.25, 0.3) is 0 Å². The largest absolute Gasteiger partial charge is 0.457 e. The fraction of sp³-hybridized carbons (Fsp3) is 0.846. The number of hydrogen-bond acceptors (Lipinski definition) is 6. The van der Waals surface area contributed by atoms with Crippen LogP contribution in [0.5, 0.6) is 0 Å². The summed E-state index contributed by atoms with van der Waals surface area (Å²) in [5.74, 6) is -1.06. The second-order valence-corrected chi connectivity index (χ2v) is 9.79. The maximum Gasteiger partial charge on any atom is 0.306 e. The first-order chi connectivity index (χ1) is 14.7. The van der Waals surface area contributed by atoms with Gasteiger partial charge in [-0.1, -0.05) is 55.4 Å². The number of carbonyl (C=O) groups is 2. The van der Waals surface area contributed by atoms with Crippen molar-refractivity contribution in [2.75, 3.05) is 0 Å². The smallest absolute Gasteiger partial charge is 0.306 e. The molecule has 2 atom stereocenters. The van der Waals surface area contributed by atoms with E-state index in [1.807, 2.05) is 69.2 Å². The number of nitrogens with zero attached hydrogens (tertiary/aromatic N) is 2. The molecular formula is C26H44N2O4. The van der Waals surface area contributed by atoms with Crippen LogP contribution < -0.4 is 0 Å². The van der Waals surface area contributed by atoms with Gasteiger partial charge in [-0.2, -0.15) is 10.5 Å². The van der Waals surface area contributed by atoms with Gasteiger partial charge in [-0.25, -0.2) is 0 Å². The molecule has 0 N–H and O–H groups in total. The molecule has 0 spiro atoms. The number of carbonyl (C=O) groups excluding carboxylic acids is 2. The molecular weight excluding hydrogens is 404 g/mol. The maximum absolute atomic E-state index is 12.7. The van der Waals surface area contributed by atoms with Crippen LogP contribution in [-0.2, 0) is 19.1 Å². The van der Waals surface area contributed by atoms with E-state index in [1.54, 1.807) is 0 Å². The van der Waals surface area contributed by atoms with Gasteiger partial charge in [0.15, 0.2) is 0 Å². The third-order valence-electron chi connectivity index (χ3n) is 8.10. The summed E-state index contributed by atoms with van der Waals surface area (Å²) in [5, 5.41) is 19.7. The number of nitriles is 2. The zero-order valence-corrected chi connectivity index (χ0v) is 21.9. The van der Waals surface area contributed by atoms with Gasteiger partial charge in [0.1, 0.15) is 11.2 Å². The molecule has 0 aromatic rings. The van der Waals surface area contributed by atoms with Gasteiger partial charge in [-0.3, -0.25) is 9.59 Å². The molecule has 6 nitrogen and oxygen atoms in total. The highest BCUT2D eigenvalue weighted by Crippen LogP contribution is 2.46. The lowest BCUT2D eigenvalue weighted by atomic mass is 9.64. The summed E-state index contributed by atoms with van der Waals surface area (Å²) in [6, 6.07) is 4.74. The highest BCUT2D eigenvalue weighted by atomic mass is 16.6. The van der Waals surface area contributed by atoms with Crippen LogP contribution in [-0.4, -0.2) is 23.1 Å². The molecule has 182 valence electrons. The molecule has 6 heteroatoms. The Kier molecular flexibility index (Phi) is 10.9. The molecule has 0 aliphatic rings. The van der Waals surface area contributed by atoms with Crippen molar-refractivity contribution in [3.8, 4) is 12.1 Å². The molecule has 0 bridgehead atoms. The Hall–Kier alpha value is -2.08. The summed E-state index contributed by atoms with van der Waals surface area (Å²) >= 11 is 0. The SMILES string of the molecule is CCC(CC)(OC(=O)CCC(=O)OC(CC)(CC)C(C)(C#N)C(C)C)C(C)(C#N)C(C)C. The van der Waals surface area contributed by atoms with Gasteiger partial charge in [0.25, 0.3) is 0 Å². The molecule has 32 heavy (non-hydrogen) atoms. The first-order valence-corrected chi connectivity index (χ1v) is 12.0. The van der Waals surface area contributed by atoms with E-state index in [2.05, 4.69) is 12.1 Å². The van der Waals surface area contributed by atoms with E-state index < -0.39 is 34.0 Å². The average molecular weight is 449 g/mol. The first kappa shape index (κ1) is 29.9. The Morgan fingerprint density at radius 3 is 1.09 bits per heavy atom. The number of hydrogen-bond donors (Lipinski definition) is 0. The Morgan fingerprint density at radius 2 is 0.938 bits per heavy atom. The van der Waals surface area contributed by atoms with Crippen molar-refractivity contribution < 1.29 is 19.1 Å². The zero-order chi connectivity index (χ0) is 25.4. The summed E-state index contributed by atoms with van der Waals surface area (Å²) < 4.78 is 11.8. The van der Waals surface area contributed by atoms with E-state index in [9.17, 15) is 20.1 Å². The van der Waals surface area contributed by atoms with Crippen LogP contribution in [0, 0.1) is 45.3 Å². The Balaban J connectivity index is 5.53. The molecule has 0 aromatic carbocycles. The second-order valence-electron chi connectivity index (χ2n) is 9.79. The number of esters is 2. The average Bonchev–Trinajstić information content (AvgIpc) is 2.78. The van der Waals surface area contributed by atoms with Crippen molar-refractivity contribution in [1.82, 2.24) is 0 Å². The molecule has 0 aliphatic heterocycles. The van der Waals surface area contributed by atoms with Gasteiger partial charge in [-0.05, 0) is 51.4 Å². The van der Waals surface area contributed by atoms with Crippen molar-refractivity contribution in [3.05, 3.63) is 0 Å². The third-order valence-corrected chi connectivity index (χ3v) is 8.10. The molecule has 0 saturated carbocycles. The molecule has 0 fully saturated rings. The first-order valence-electron chi connectivity index (χ1n) is 12.0. The molecule has 0 saturated heterocycles. The van der Waals surface area contributed by atoms with E-state index in [0.717, 1.165) is 0 Å². The van der Waals surface area contributed by atoms with E-state index in [-0.39, 0.29) is 24.7 Å². The van der Waals surface area contributed by atoms with Crippen molar-refractivity contribution in [2.45, 2.75) is 119 Å². The van der Waals surface area contributed by atoms with Crippen molar-refractivity contribution in [3.63, 3.8) is 0 Å². The summed E-state index contributed by atoms with van der Waals surface area (Å²) in [6.07, 6.45) is 1.76. The quantitative estimate of drug-likeness (QED) is 0.305. The monoisotopic (exact) mass is 448 g/mol. The highest BCUT2D eigenvalue weighted by Gasteiger charge is 2.53. The van der Waals surface area contributed by atoms with Crippen LogP contribution >= 0.6 is 0 Å². The minimum Gasteiger partial charge on any atom is -0.457 e. The third kappa shape index (κ3) is 5.45. The number of rotatable bonds is 13. The van der Waals surface area contributed by atoms with Crippen LogP contribution in [0.3, 0.4) is 0 Å². The summed E-state index contributed by atoms with van der Waals surface area (Å²) in [7, 11) is 0. The topological polar surface area (TPSA) is 100 Å². The van der Waals surface area contributed by atoms with E-state index in [1.165, 1.54) is 0 Å². The van der Waals surface area contributed by atoms with Gasteiger partial charge in [0.2, 0.25) is 0 Å². The molecule has 0 aromatic heterocycles. The summed E-state index contributed by atoms with van der Waals surface area (Å²) in [4.78, 5) is 25.5. The van der Waals surface area contributed by atoms with Gasteiger partial charge in [0, 0.05) is 0 Å². The predicted octanol–water partition coefficient (Wildman–Crippen LogP) is 6.34. The van der Waals surface area contributed by atoms with Gasteiger partial charge >= 0.3 is 11.9 Å². The molecule has 0 rings (SSSR count). The van der Waals surface area contributed by atoms with E-state index >= 15 is 0 Å². The minimum absolute atomic E-state index is 0.0143. The van der Waals surface area contributed by atoms with Crippen LogP contribution in [0.1, 0.15) is 108 Å². The van der Waals surface area contributed by atoms with E-state index in [4.69, 9.17) is 9.47 Å². The lowest BCUT2D eigenvalue weighted by Crippen LogP contribution is -2.52.